The molecule has 6 nitrogen and oxygen atoms in total. The Hall–Kier alpha value is -1.82. The number of nitrogens with two attached hydrogens (primary N) is 1. The molecule has 1 atom stereocenters. The van der Waals surface area contributed by atoms with Gasteiger partial charge in [0, 0.05) is 0 Å². The topological polar surface area (TPSA) is 93.3 Å². The van der Waals surface area contributed by atoms with Gasteiger partial charge in [0.2, 0.25) is 0 Å². The highest BCUT2D eigenvalue weighted by Crippen LogP contribution is 2.05. The van der Waals surface area contributed by atoms with Gasteiger partial charge in [-0.2, -0.15) is 10.2 Å². The fourth-order valence-corrected chi connectivity index (χ4v) is 1.18. The van der Waals surface area contributed by atoms with E-state index in [0.29, 0.717) is 11.4 Å². The molecule has 2 rings (SSSR count). The Balaban J connectivity index is 2.37. The van der Waals surface area contributed by atoms with Gasteiger partial charge in [-0.05, 0) is 18.6 Å². The Morgan fingerprint density at radius 3 is 2.93 bits per heavy atom. The molecule has 0 saturated carbocycles. The quantitative estimate of drug-likeness (QED) is 0.592. The van der Waals surface area contributed by atoms with E-state index in [0.717, 1.165) is 5.56 Å². The first kappa shape index (κ1) is 8.76. The van der Waals surface area contributed by atoms with Gasteiger partial charge in [-0.25, -0.2) is 5.43 Å². The number of hydrazone groups is 1. The van der Waals surface area contributed by atoms with Gasteiger partial charge in [0.15, 0.2) is 0 Å². The van der Waals surface area contributed by atoms with E-state index in [1.807, 2.05) is 6.92 Å². The zero-order chi connectivity index (χ0) is 10.1. The van der Waals surface area contributed by atoms with Crippen LogP contribution in [0.4, 0.5) is 0 Å². The number of carbonyl (C=O) groups is 1. The summed E-state index contributed by atoms with van der Waals surface area (Å²) in [4.78, 5) is 11.0. The lowest BCUT2D eigenvalue weighted by atomic mass is 10.1. The van der Waals surface area contributed by atoms with E-state index < -0.39 is 6.04 Å². The highest BCUT2D eigenvalue weighted by Gasteiger charge is 2.28. The van der Waals surface area contributed by atoms with Gasteiger partial charge in [-0.1, -0.05) is 0 Å². The molecule has 14 heavy (non-hydrogen) atoms. The second-order valence-corrected chi connectivity index (χ2v) is 3.07. The van der Waals surface area contributed by atoms with Crippen LogP contribution in [-0.4, -0.2) is 27.9 Å². The zero-order valence-corrected chi connectivity index (χ0v) is 7.56. The molecule has 72 valence electrons. The number of hydrogen-bond donors (Lipinski definition) is 2. The number of aryl methyl sites for hydroxylation is 1. The number of rotatable bonds is 1. The molecule has 6 heteroatoms. The van der Waals surface area contributed by atoms with Crippen LogP contribution >= 0.6 is 0 Å². The van der Waals surface area contributed by atoms with E-state index in [4.69, 9.17) is 5.73 Å². The number of aromatic nitrogens is 2. The molecule has 3 N–H and O–H groups in total. The van der Waals surface area contributed by atoms with Crippen LogP contribution in [0.2, 0.25) is 0 Å². The molecule has 0 saturated heterocycles. The first-order valence-electron chi connectivity index (χ1n) is 4.11. The average Bonchev–Trinajstić information content (AvgIpc) is 2.48. The lowest BCUT2D eigenvalue weighted by Gasteiger charge is -2.02. The summed E-state index contributed by atoms with van der Waals surface area (Å²) in [5.74, 6) is -0.316. The third-order valence-electron chi connectivity index (χ3n) is 1.92. The molecule has 0 spiro atoms. The highest BCUT2D eigenvalue weighted by molar-refractivity contribution is 6.18. The largest absolute Gasteiger partial charge is 0.315 e. The van der Waals surface area contributed by atoms with Crippen molar-refractivity contribution in [2.24, 2.45) is 10.8 Å². The summed E-state index contributed by atoms with van der Waals surface area (Å²) in [6.45, 7) is 1.88. The molecule has 1 aromatic rings. The van der Waals surface area contributed by atoms with E-state index >= 15 is 0 Å². The molecule has 1 amide bonds. The van der Waals surface area contributed by atoms with Crippen molar-refractivity contribution in [2.75, 3.05) is 0 Å². The van der Waals surface area contributed by atoms with Crippen LogP contribution in [0.25, 0.3) is 0 Å². The normalized spacial score (nSPS) is 20.6. The Bertz CT molecular complexity index is 414. The summed E-state index contributed by atoms with van der Waals surface area (Å²) in [6.07, 6.45) is 1.62. The predicted octanol–water partition coefficient (Wildman–Crippen LogP) is -1.05. The van der Waals surface area contributed by atoms with Crippen molar-refractivity contribution in [1.29, 1.82) is 0 Å². The summed E-state index contributed by atoms with van der Waals surface area (Å²) < 4.78 is 0. The Kier molecular flexibility index (Phi) is 1.97. The van der Waals surface area contributed by atoms with Crippen molar-refractivity contribution in [3.05, 3.63) is 23.5 Å². The van der Waals surface area contributed by atoms with Gasteiger partial charge in [-0.3, -0.25) is 4.79 Å². The first-order chi connectivity index (χ1) is 6.68. The zero-order valence-electron chi connectivity index (χ0n) is 7.56. The fraction of sp³-hybridized carbons (Fsp3) is 0.250. The van der Waals surface area contributed by atoms with Crippen molar-refractivity contribution in [2.45, 2.75) is 13.0 Å². The lowest BCUT2D eigenvalue weighted by Crippen LogP contribution is -2.38. The fourth-order valence-electron chi connectivity index (χ4n) is 1.18. The molecular formula is C8H9N5O. The molecule has 1 aliphatic rings. The Morgan fingerprint density at radius 1 is 1.57 bits per heavy atom. The van der Waals surface area contributed by atoms with Crippen LogP contribution in [0.5, 0.6) is 0 Å². The average molecular weight is 191 g/mol. The molecule has 0 fully saturated rings. The third-order valence-corrected chi connectivity index (χ3v) is 1.92. The van der Waals surface area contributed by atoms with Crippen LogP contribution in [0.15, 0.2) is 17.4 Å². The van der Waals surface area contributed by atoms with E-state index in [9.17, 15) is 4.79 Å². The standard InChI is InChI=1S/C8H9N5O/c1-4-2-5(11-10-3-4)7-6(9)8(14)13-12-7/h2-3,6H,9H2,1H3,(H,13,14). The second kappa shape index (κ2) is 3.15. The van der Waals surface area contributed by atoms with Crippen LogP contribution in [0.3, 0.4) is 0 Å². The Morgan fingerprint density at radius 2 is 2.36 bits per heavy atom. The molecule has 0 aliphatic carbocycles. The predicted molar refractivity (Wildman–Crippen MR) is 49.4 cm³/mol. The van der Waals surface area contributed by atoms with Gasteiger partial charge in [0.25, 0.3) is 5.91 Å². The molecule has 2 heterocycles. The van der Waals surface area contributed by atoms with Gasteiger partial charge in [0.05, 0.1) is 6.20 Å². The number of carbonyl (C=O) groups excluding carboxylic acids is 1. The minimum atomic E-state index is -0.744. The molecule has 1 aliphatic heterocycles. The number of amides is 1. The summed E-state index contributed by atoms with van der Waals surface area (Å²) in [5, 5.41) is 11.4. The third kappa shape index (κ3) is 1.35. The molecular weight excluding hydrogens is 182 g/mol. The minimum Gasteiger partial charge on any atom is -0.315 e. The number of hydrogen-bond acceptors (Lipinski definition) is 5. The van der Waals surface area contributed by atoms with Crippen molar-refractivity contribution in [3.8, 4) is 0 Å². The van der Waals surface area contributed by atoms with Crippen LogP contribution in [0, 0.1) is 6.92 Å². The molecule has 0 aromatic carbocycles. The smallest absolute Gasteiger partial charge is 0.263 e. The lowest BCUT2D eigenvalue weighted by molar-refractivity contribution is -0.120. The van der Waals surface area contributed by atoms with Gasteiger partial charge >= 0.3 is 0 Å². The maximum Gasteiger partial charge on any atom is 0.263 e. The first-order valence-corrected chi connectivity index (χ1v) is 4.11. The van der Waals surface area contributed by atoms with E-state index in [1.54, 1.807) is 12.3 Å². The Labute approximate surface area is 80.2 Å². The van der Waals surface area contributed by atoms with Gasteiger partial charge in [-0.15, -0.1) is 5.10 Å². The maximum absolute atomic E-state index is 11.0. The number of nitrogens with one attached hydrogen (secondary N) is 1. The van der Waals surface area contributed by atoms with Crippen molar-refractivity contribution in [1.82, 2.24) is 15.6 Å². The van der Waals surface area contributed by atoms with Crippen LogP contribution in [-0.2, 0) is 4.79 Å². The molecule has 0 bridgehead atoms. The van der Waals surface area contributed by atoms with Crippen LogP contribution in [0.1, 0.15) is 11.3 Å². The molecule has 1 aromatic heterocycles. The molecule has 0 radical (unpaired) electrons. The molecule has 1 unspecified atom stereocenters. The van der Waals surface area contributed by atoms with Gasteiger partial charge < -0.3 is 5.73 Å². The monoisotopic (exact) mass is 191 g/mol. The summed E-state index contributed by atoms with van der Waals surface area (Å²) in [5.41, 5.74) is 9.81. The summed E-state index contributed by atoms with van der Waals surface area (Å²) in [6, 6.07) is 1.04. The van der Waals surface area contributed by atoms with Crippen LogP contribution < -0.4 is 11.2 Å². The highest BCUT2D eigenvalue weighted by atomic mass is 16.2. The summed E-state index contributed by atoms with van der Waals surface area (Å²) in [7, 11) is 0. The maximum atomic E-state index is 11.0. The second-order valence-electron chi connectivity index (χ2n) is 3.07. The number of nitrogens with zero attached hydrogens (tertiary/aromatic N) is 3. The van der Waals surface area contributed by atoms with E-state index in [2.05, 4.69) is 20.7 Å². The van der Waals surface area contributed by atoms with E-state index in [-0.39, 0.29) is 5.91 Å². The van der Waals surface area contributed by atoms with Crippen molar-refractivity contribution < 1.29 is 4.79 Å². The van der Waals surface area contributed by atoms with Crippen molar-refractivity contribution in [3.63, 3.8) is 0 Å². The van der Waals surface area contributed by atoms with Gasteiger partial charge in [0.1, 0.15) is 17.4 Å². The summed E-state index contributed by atoms with van der Waals surface area (Å²) >= 11 is 0. The van der Waals surface area contributed by atoms with Crippen molar-refractivity contribution >= 4 is 11.6 Å². The van der Waals surface area contributed by atoms with E-state index in [1.165, 1.54) is 0 Å². The SMILES string of the molecule is Cc1cnnc(C2=NNC(=O)C2N)c1. The minimum absolute atomic E-state index is 0.316.